The first-order valence-electron chi connectivity index (χ1n) is 12.1. The first-order valence-corrected chi connectivity index (χ1v) is 12.1. The van der Waals surface area contributed by atoms with Gasteiger partial charge in [-0.25, -0.2) is 4.79 Å². The van der Waals surface area contributed by atoms with E-state index < -0.39 is 23.2 Å². The zero-order valence-corrected chi connectivity index (χ0v) is 22.4. The molecule has 200 valence electrons. The Morgan fingerprint density at radius 2 is 1.51 bits per heavy atom. The van der Waals surface area contributed by atoms with Crippen LogP contribution in [0.15, 0.2) is 59.0 Å². The second-order valence-corrected chi connectivity index (χ2v) is 10.9. The van der Waals surface area contributed by atoms with Crippen LogP contribution < -0.4 is 10.2 Å². The second-order valence-electron chi connectivity index (χ2n) is 10.9. The van der Waals surface area contributed by atoms with Gasteiger partial charge in [-0.05, 0) is 59.2 Å². The Kier molecular flexibility index (Phi) is 8.12. The van der Waals surface area contributed by atoms with Crippen LogP contribution in [0.3, 0.4) is 0 Å². The molecule has 0 radical (unpaired) electrons. The number of esters is 1. The third-order valence-corrected chi connectivity index (χ3v) is 5.86. The van der Waals surface area contributed by atoms with E-state index in [2.05, 4.69) is 31.0 Å². The van der Waals surface area contributed by atoms with Crippen molar-refractivity contribution in [3.63, 3.8) is 0 Å². The van der Waals surface area contributed by atoms with Crippen molar-refractivity contribution >= 4 is 11.9 Å². The van der Waals surface area contributed by atoms with E-state index in [0.717, 1.165) is 17.7 Å². The van der Waals surface area contributed by atoms with Gasteiger partial charge >= 0.3 is 12.1 Å². The van der Waals surface area contributed by atoms with Gasteiger partial charge < -0.3 is 19.4 Å². The van der Waals surface area contributed by atoms with Gasteiger partial charge in [-0.1, -0.05) is 42.5 Å². The number of methoxy groups -OCH3 is 1. The smallest absolute Gasteiger partial charge is 0.416 e. The molecule has 3 rings (SSSR count). The Labute approximate surface area is 216 Å². The SMILES string of the molecule is COC(=O)c1c(-c2ccc(C(F)(F)F)cc2)oc(N(CCNC(C)(C)C)C(C)(C)C)c1-c1ccccc1. The van der Waals surface area contributed by atoms with Crippen LogP contribution in [0.5, 0.6) is 0 Å². The Bertz CT molecular complexity index is 1200. The van der Waals surface area contributed by atoms with Gasteiger partial charge in [0.25, 0.3) is 0 Å². The molecule has 0 saturated heterocycles. The number of carbonyl (C=O) groups excluding carboxylic acids is 1. The molecule has 1 N–H and O–H groups in total. The van der Waals surface area contributed by atoms with Gasteiger partial charge in [0.15, 0.2) is 5.76 Å². The predicted octanol–water partition coefficient (Wildman–Crippen LogP) is 7.41. The van der Waals surface area contributed by atoms with Crippen molar-refractivity contribution in [1.29, 1.82) is 0 Å². The monoisotopic (exact) mass is 516 g/mol. The molecule has 5 nitrogen and oxygen atoms in total. The first kappa shape index (κ1) is 28.3. The number of nitrogens with one attached hydrogen (secondary N) is 1. The van der Waals surface area contributed by atoms with Crippen molar-refractivity contribution in [1.82, 2.24) is 5.32 Å². The lowest BCUT2D eigenvalue weighted by Gasteiger charge is -2.37. The standard InChI is InChI=1S/C29H35F3N2O3/c1-27(2,3)33-17-18-34(28(4,5)6)25-22(19-11-9-8-10-12-19)23(26(35)36-7)24(37-25)20-13-15-21(16-14-20)29(30,31)32/h8-16,33H,17-18H2,1-7H3. The predicted molar refractivity (Wildman–Crippen MR) is 141 cm³/mol. The highest BCUT2D eigenvalue weighted by molar-refractivity contribution is 6.06. The number of furan rings is 1. The van der Waals surface area contributed by atoms with Gasteiger partial charge in [0.2, 0.25) is 5.88 Å². The molecule has 37 heavy (non-hydrogen) atoms. The summed E-state index contributed by atoms with van der Waals surface area (Å²) < 4.78 is 51.2. The molecular formula is C29H35F3N2O3. The van der Waals surface area contributed by atoms with E-state index in [9.17, 15) is 18.0 Å². The third kappa shape index (κ3) is 6.74. The van der Waals surface area contributed by atoms with Crippen molar-refractivity contribution in [3.8, 4) is 22.5 Å². The lowest BCUT2D eigenvalue weighted by molar-refractivity contribution is -0.137. The van der Waals surface area contributed by atoms with E-state index in [1.165, 1.54) is 19.2 Å². The molecule has 8 heteroatoms. The highest BCUT2D eigenvalue weighted by Gasteiger charge is 2.35. The summed E-state index contributed by atoms with van der Waals surface area (Å²) >= 11 is 0. The number of benzene rings is 2. The van der Waals surface area contributed by atoms with Crippen LogP contribution in [-0.2, 0) is 10.9 Å². The number of halogens is 3. The molecular weight excluding hydrogens is 481 g/mol. The van der Waals surface area contributed by atoms with Gasteiger partial charge in [-0.15, -0.1) is 0 Å². The quantitative estimate of drug-likeness (QED) is 0.331. The molecule has 0 saturated carbocycles. The van der Waals surface area contributed by atoms with Crippen molar-refractivity contribution in [2.75, 3.05) is 25.1 Å². The van der Waals surface area contributed by atoms with E-state index in [1.807, 2.05) is 51.1 Å². The molecule has 0 unspecified atom stereocenters. The Hall–Kier alpha value is -3.26. The molecule has 0 aliphatic heterocycles. The van der Waals surface area contributed by atoms with Gasteiger partial charge in [0.05, 0.1) is 18.2 Å². The number of alkyl halides is 3. The van der Waals surface area contributed by atoms with Crippen molar-refractivity contribution in [2.45, 2.75) is 58.8 Å². The molecule has 0 amide bonds. The van der Waals surface area contributed by atoms with Crippen LogP contribution >= 0.6 is 0 Å². The Morgan fingerprint density at radius 3 is 2.00 bits per heavy atom. The topological polar surface area (TPSA) is 54.7 Å². The average molecular weight is 517 g/mol. The van der Waals surface area contributed by atoms with E-state index in [-0.39, 0.29) is 16.9 Å². The molecule has 0 aliphatic rings. The molecule has 1 aromatic heterocycles. The number of hydrogen-bond acceptors (Lipinski definition) is 5. The number of hydrogen-bond donors (Lipinski definition) is 1. The molecule has 0 fully saturated rings. The molecule has 2 aromatic carbocycles. The number of ether oxygens (including phenoxy) is 1. The number of carbonyl (C=O) groups is 1. The minimum Gasteiger partial charge on any atom is -0.465 e. The normalized spacial score (nSPS) is 12.5. The second kappa shape index (κ2) is 10.6. The summed E-state index contributed by atoms with van der Waals surface area (Å²) in [6.45, 7) is 13.5. The van der Waals surface area contributed by atoms with Crippen LogP contribution in [0, 0.1) is 0 Å². The Balaban J connectivity index is 2.27. The van der Waals surface area contributed by atoms with Crippen LogP contribution in [0.1, 0.15) is 57.5 Å². The van der Waals surface area contributed by atoms with Gasteiger partial charge in [0.1, 0.15) is 5.56 Å². The summed E-state index contributed by atoms with van der Waals surface area (Å²) in [5.74, 6) is -0.0254. The summed E-state index contributed by atoms with van der Waals surface area (Å²) in [4.78, 5) is 15.2. The largest absolute Gasteiger partial charge is 0.465 e. The number of anilines is 1. The van der Waals surface area contributed by atoms with Crippen LogP contribution in [0.2, 0.25) is 0 Å². The zero-order chi connectivity index (χ0) is 27.6. The maximum absolute atomic E-state index is 13.2. The minimum atomic E-state index is -4.48. The summed E-state index contributed by atoms with van der Waals surface area (Å²) in [6, 6.07) is 13.9. The van der Waals surface area contributed by atoms with Gasteiger partial charge in [-0.2, -0.15) is 13.2 Å². The fraction of sp³-hybridized carbons (Fsp3) is 0.414. The molecule has 0 bridgehead atoms. The highest BCUT2D eigenvalue weighted by Crippen LogP contribution is 2.45. The van der Waals surface area contributed by atoms with Crippen molar-refractivity contribution < 1.29 is 27.1 Å². The third-order valence-electron chi connectivity index (χ3n) is 5.86. The minimum absolute atomic E-state index is 0.0997. The molecule has 0 aliphatic carbocycles. The maximum atomic E-state index is 13.2. The van der Waals surface area contributed by atoms with E-state index in [1.54, 1.807) is 0 Å². The fourth-order valence-corrected chi connectivity index (χ4v) is 4.08. The van der Waals surface area contributed by atoms with Gasteiger partial charge in [0, 0.05) is 29.7 Å². The molecule has 0 atom stereocenters. The molecule has 0 spiro atoms. The lowest BCUT2D eigenvalue weighted by Crippen LogP contribution is -2.48. The fourth-order valence-electron chi connectivity index (χ4n) is 4.08. The van der Waals surface area contributed by atoms with E-state index in [4.69, 9.17) is 9.15 Å². The number of rotatable bonds is 7. The van der Waals surface area contributed by atoms with Crippen LogP contribution in [0.4, 0.5) is 19.1 Å². The van der Waals surface area contributed by atoms with Crippen molar-refractivity contribution in [2.24, 2.45) is 0 Å². The summed E-state index contributed by atoms with van der Waals surface area (Å²) in [5, 5.41) is 3.48. The molecule has 3 aromatic rings. The average Bonchev–Trinajstić information content (AvgIpc) is 3.20. The van der Waals surface area contributed by atoms with Crippen molar-refractivity contribution in [3.05, 3.63) is 65.7 Å². The lowest BCUT2D eigenvalue weighted by atomic mass is 9.97. The summed E-state index contributed by atoms with van der Waals surface area (Å²) in [7, 11) is 1.27. The van der Waals surface area contributed by atoms with Gasteiger partial charge in [-0.3, -0.25) is 0 Å². The highest BCUT2D eigenvalue weighted by atomic mass is 19.4. The van der Waals surface area contributed by atoms with Crippen LogP contribution in [-0.4, -0.2) is 37.2 Å². The van der Waals surface area contributed by atoms with E-state index >= 15 is 0 Å². The summed E-state index contributed by atoms with van der Waals surface area (Å²) in [5.41, 5.74) is 0.491. The maximum Gasteiger partial charge on any atom is 0.416 e. The van der Waals surface area contributed by atoms with E-state index in [0.29, 0.717) is 30.1 Å². The van der Waals surface area contributed by atoms with Crippen LogP contribution in [0.25, 0.3) is 22.5 Å². The molecule has 1 heterocycles. The number of nitrogens with zero attached hydrogens (tertiary/aromatic N) is 1. The summed E-state index contributed by atoms with van der Waals surface area (Å²) in [6.07, 6.45) is -4.48. The Morgan fingerprint density at radius 1 is 0.919 bits per heavy atom. The zero-order valence-electron chi connectivity index (χ0n) is 22.4. The first-order chi connectivity index (χ1) is 17.1.